The maximum atomic E-state index is 4.54. The molecule has 3 nitrogen and oxygen atoms in total. The molecule has 0 saturated carbocycles. The van der Waals surface area contributed by atoms with Crippen LogP contribution in [0.2, 0.25) is 0 Å². The molecule has 2 aromatic heterocycles. The van der Waals surface area contributed by atoms with Gasteiger partial charge >= 0.3 is 0 Å². The Morgan fingerprint density at radius 2 is 2.10 bits per heavy atom. The van der Waals surface area contributed by atoms with Crippen LogP contribution in [0.25, 0.3) is 0 Å². The Hall–Kier alpha value is -1.13. The molecule has 2 aromatic rings. The number of hydrogen-bond acceptors (Lipinski definition) is 3. The summed E-state index contributed by atoms with van der Waals surface area (Å²) in [4.78, 5) is 1.46. The molecule has 0 aliphatic heterocycles. The monoisotopic (exact) mass is 291 g/mol. The average molecular weight is 291 g/mol. The first-order valence-corrected chi connectivity index (χ1v) is 8.19. The molecule has 0 spiro atoms. The lowest BCUT2D eigenvalue weighted by Gasteiger charge is -2.19. The number of rotatable bonds is 6. The van der Waals surface area contributed by atoms with Crippen LogP contribution >= 0.6 is 11.3 Å². The first-order chi connectivity index (χ1) is 9.54. The maximum Gasteiger partial charge on any atom is 0.0629 e. The second kappa shape index (κ2) is 6.55. The minimum atomic E-state index is 0.400. The van der Waals surface area contributed by atoms with Crippen LogP contribution in [0.5, 0.6) is 0 Å². The smallest absolute Gasteiger partial charge is 0.0629 e. The minimum absolute atomic E-state index is 0.400. The molecule has 0 amide bonds. The van der Waals surface area contributed by atoms with Crippen molar-refractivity contribution in [3.63, 3.8) is 0 Å². The summed E-state index contributed by atoms with van der Waals surface area (Å²) in [5.41, 5.74) is 5.21. The number of hydrogen-bond donors (Lipinski definition) is 1. The van der Waals surface area contributed by atoms with E-state index in [4.69, 9.17) is 0 Å². The van der Waals surface area contributed by atoms with Crippen LogP contribution in [0.4, 0.5) is 0 Å². The summed E-state index contributed by atoms with van der Waals surface area (Å²) in [6, 6.07) is 2.61. The summed E-state index contributed by atoms with van der Waals surface area (Å²) in [5.74, 6) is 0. The summed E-state index contributed by atoms with van der Waals surface area (Å²) in [7, 11) is 2.02. The molecular formula is C16H25N3S. The summed E-state index contributed by atoms with van der Waals surface area (Å²) < 4.78 is 1.99. The quantitative estimate of drug-likeness (QED) is 0.879. The van der Waals surface area contributed by atoms with Gasteiger partial charge in [0.15, 0.2) is 0 Å². The summed E-state index contributed by atoms with van der Waals surface area (Å²) in [6.45, 7) is 9.75. The number of thiophene rings is 1. The van der Waals surface area contributed by atoms with Gasteiger partial charge in [0.05, 0.1) is 5.69 Å². The third-order valence-corrected chi connectivity index (χ3v) is 5.06. The molecule has 0 aromatic carbocycles. The van der Waals surface area contributed by atoms with Gasteiger partial charge in [-0.1, -0.05) is 6.92 Å². The van der Waals surface area contributed by atoms with Crippen LogP contribution in [0.3, 0.4) is 0 Å². The molecule has 0 radical (unpaired) electrons. The topological polar surface area (TPSA) is 29.9 Å². The molecular weight excluding hydrogens is 266 g/mol. The predicted octanol–water partition coefficient (Wildman–Crippen LogP) is 3.69. The van der Waals surface area contributed by atoms with Crippen molar-refractivity contribution in [3.05, 3.63) is 38.8 Å². The van der Waals surface area contributed by atoms with E-state index in [9.17, 15) is 0 Å². The number of nitrogens with zero attached hydrogens (tertiary/aromatic N) is 2. The van der Waals surface area contributed by atoms with Gasteiger partial charge in [-0.3, -0.25) is 4.68 Å². The fourth-order valence-electron chi connectivity index (χ4n) is 2.63. The molecule has 1 atom stereocenters. The summed E-state index contributed by atoms with van der Waals surface area (Å²) in [6.07, 6.45) is 2.18. The Morgan fingerprint density at radius 1 is 1.35 bits per heavy atom. The number of aryl methyl sites for hydroxylation is 3. The second-order valence-corrected chi connectivity index (χ2v) is 6.40. The lowest BCUT2D eigenvalue weighted by atomic mass is 10.0. The lowest BCUT2D eigenvalue weighted by molar-refractivity contribution is 0.532. The van der Waals surface area contributed by atoms with Crippen LogP contribution in [-0.4, -0.2) is 16.3 Å². The van der Waals surface area contributed by atoms with E-state index in [2.05, 4.69) is 49.6 Å². The highest BCUT2D eigenvalue weighted by Crippen LogP contribution is 2.28. The van der Waals surface area contributed by atoms with Gasteiger partial charge in [0, 0.05) is 23.7 Å². The molecule has 4 heteroatoms. The zero-order valence-corrected chi connectivity index (χ0v) is 14.0. The number of aromatic nitrogens is 2. The van der Waals surface area contributed by atoms with E-state index >= 15 is 0 Å². The highest BCUT2D eigenvalue weighted by molar-refractivity contribution is 7.10. The zero-order chi connectivity index (χ0) is 14.7. The highest BCUT2D eigenvalue weighted by Gasteiger charge is 2.19. The van der Waals surface area contributed by atoms with Gasteiger partial charge in [-0.2, -0.15) is 5.10 Å². The van der Waals surface area contributed by atoms with E-state index < -0.39 is 0 Å². The predicted molar refractivity (Wildman–Crippen MR) is 86.5 cm³/mol. The largest absolute Gasteiger partial charge is 0.309 e. The molecule has 2 heterocycles. The van der Waals surface area contributed by atoms with Crippen LogP contribution < -0.4 is 5.32 Å². The van der Waals surface area contributed by atoms with Crippen LogP contribution in [-0.2, 0) is 13.5 Å². The van der Waals surface area contributed by atoms with Gasteiger partial charge in [0.1, 0.15) is 0 Å². The van der Waals surface area contributed by atoms with Crippen molar-refractivity contribution in [1.82, 2.24) is 15.1 Å². The van der Waals surface area contributed by atoms with Crippen LogP contribution in [0.1, 0.15) is 46.8 Å². The summed E-state index contributed by atoms with van der Waals surface area (Å²) >= 11 is 1.86. The summed E-state index contributed by atoms with van der Waals surface area (Å²) in [5, 5.41) is 10.4. The first kappa shape index (κ1) is 15.3. The lowest BCUT2D eigenvalue weighted by Crippen LogP contribution is -2.24. The van der Waals surface area contributed by atoms with E-state index in [1.807, 2.05) is 23.1 Å². The normalized spacial score (nSPS) is 12.8. The van der Waals surface area contributed by atoms with Gasteiger partial charge in [-0.15, -0.1) is 11.3 Å². The Bertz CT molecular complexity index is 568. The molecule has 2 rings (SSSR count). The van der Waals surface area contributed by atoms with Crippen molar-refractivity contribution in [3.8, 4) is 0 Å². The van der Waals surface area contributed by atoms with Crippen molar-refractivity contribution in [1.29, 1.82) is 0 Å². The maximum absolute atomic E-state index is 4.54. The van der Waals surface area contributed by atoms with E-state index in [0.29, 0.717) is 6.04 Å². The third-order valence-electron chi connectivity index (χ3n) is 3.93. The van der Waals surface area contributed by atoms with E-state index in [1.165, 1.54) is 21.7 Å². The van der Waals surface area contributed by atoms with Crippen LogP contribution in [0, 0.1) is 20.8 Å². The van der Waals surface area contributed by atoms with Gasteiger partial charge in [0.2, 0.25) is 0 Å². The van der Waals surface area contributed by atoms with Crippen LogP contribution in [0.15, 0.2) is 11.4 Å². The molecule has 0 bridgehead atoms. The molecule has 0 aliphatic rings. The Balaban J connectivity index is 2.26. The van der Waals surface area contributed by atoms with Crippen molar-refractivity contribution < 1.29 is 0 Å². The Kier molecular flexibility index (Phi) is 5.00. The SMILES string of the molecule is CCCNC(Cc1c(C)nn(C)c1C)c1sccc1C. The van der Waals surface area contributed by atoms with E-state index in [1.54, 1.807) is 0 Å². The number of nitrogens with one attached hydrogen (secondary N) is 1. The van der Waals surface area contributed by atoms with E-state index in [0.717, 1.165) is 25.1 Å². The minimum Gasteiger partial charge on any atom is -0.309 e. The fraction of sp³-hybridized carbons (Fsp3) is 0.562. The molecule has 0 aliphatic carbocycles. The Morgan fingerprint density at radius 3 is 2.60 bits per heavy atom. The van der Waals surface area contributed by atoms with Crippen molar-refractivity contribution in [2.75, 3.05) is 6.54 Å². The molecule has 1 unspecified atom stereocenters. The van der Waals surface area contributed by atoms with Gasteiger partial charge in [-0.25, -0.2) is 0 Å². The molecule has 110 valence electrons. The fourth-order valence-corrected chi connectivity index (χ4v) is 3.64. The van der Waals surface area contributed by atoms with Crippen molar-refractivity contribution in [2.45, 2.75) is 46.6 Å². The standard InChI is InChI=1S/C16H25N3S/c1-6-8-17-15(16-11(2)7-9-20-16)10-14-12(3)18-19(5)13(14)4/h7,9,15,17H,6,8,10H2,1-5H3. The molecule has 1 N–H and O–H groups in total. The zero-order valence-electron chi connectivity index (χ0n) is 13.2. The molecule has 0 fully saturated rings. The Labute approximate surface area is 126 Å². The van der Waals surface area contributed by atoms with Gasteiger partial charge in [-0.05, 0) is 62.7 Å². The van der Waals surface area contributed by atoms with E-state index in [-0.39, 0.29) is 0 Å². The van der Waals surface area contributed by atoms with Crippen molar-refractivity contribution in [2.24, 2.45) is 7.05 Å². The molecule has 0 saturated heterocycles. The second-order valence-electron chi connectivity index (χ2n) is 5.45. The van der Waals surface area contributed by atoms with Crippen molar-refractivity contribution >= 4 is 11.3 Å². The first-order valence-electron chi connectivity index (χ1n) is 7.31. The average Bonchev–Trinajstić information content (AvgIpc) is 2.93. The van der Waals surface area contributed by atoms with Gasteiger partial charge in [0.25, 0.3) is 0 Å². The molecule has 20 heavy (non-hydrogen) atoms. The third kappa shape index (κ3) is 3.13. The highest BCUT2D eigenvalue weighted by atomic mass is 32.1. The van der Waals surface area contributed by atoms with Gasteiger partial charge < -0.3 is 5.32 Å².